The van der Waals surface area contributed by atoms with Crippen LogP contribution < -0.4 is 5.73 Å². The van der Waals surface area contributed by atoms with E-state index in [1.54, 1.807) is 18.3 Å². The minimum Gasteiger partial charge on any atom is -0.350 e. The fraction of sp³-hybridized carbons (Fsp3) is 0.250. The summed E-state index contributed by atoms with van der Waals surface area (Å²) in [4.78, 5) is 11.9. The Morgan fingerprint density at radius 1 is 1.47 bits per heavy atom. The van der Waals surface area contributed by atoms with Crippen LogP contribution in [-0.2, 0) is 0 Å². The summed E-state index contributed by atoms with van der Waals surface area (Å²) < 4.78 is 1.14. The van der Waals surface area contributed by atoms with Gasteiger partial charge in [0.15, 0.2) is 0 Å². The number of benzene rings is 1. The number of amides is 2. The number of thiophene rings is 1. The summed E-state index contributed by atoms with van der Waals surface area (Å²) in [5.74, 6) is 0. The van der Waals surface area contributed by atoms with Crippen LogP contribution in [-0.4, -0.2) is 16.3 Å². The molecule has 0 bridgehead atoms. The smallest absolute Gasteiger partial charge is 0.339 e. The Kier molecular flexibility index (Phi) is 3.04. The summed E-state index contributed by atoms with van der Waals surface area (Å²) in [6, 6.07) is 6.73. The van der Waals surface area contributed by atoms with Crippen molar-refractivity contribution in [2.24, 2.45) is 5.73 Å². The maximum Gasteiger partial charge on any atom is 0.339 e. The number of carbonyl (C=O) groups is 1. The van der Waals surface area contributed by atoms with Gasteiger partial charge in [0, 0.05) is 9.58 Å². The first-order chi connectivity index (χ1) is 8.02. The van der Waals surface area contributed by atoms with E-state index < -0.39 is 12.1 Å². The summed E-state index contributed by atoms with van der Waals surface area (Å²) in [5.41, 5.74) is 6.14. The molecule has 0 spiro atoms. The van der Waals surface area contributed by atoms with Gasteiger partial charge in [0.05, 0.1) is 6.04 Å². The first-order valence-corrected chi connectivity index (χ1v) is 6.09. The lowest BCUT2D eigenvalue weighted by atomic mass is 10.1. The monoisotopic (exact) mass is 250 g/mol. The fourth-order valence-corrected chi connectivity index (χ4v) is 3.14. The third-order valence-corrected chi connectivity index (χ3v) is 4.30. The van der Waals surface area contributed by atoms with Gasteiger partial charge in [-0.15, -0.1) is 11.3 Å². The molecule has 5 heteroatoms. The predicted octanol–water partition coefficient (Wildman–Crippen LogP) is 3.04. The van der Waals surface area contributed by atoms with Crippen LogP contribution >= 0.6 is 11.3 Å². The molecule has 0 aliphatic rings. The largest absolute Gasteiger partial charge is 0.350 e. The van der Waals surface area contributed by atoms with Gasteiger partial charge >= 0.3 is 6.03 Å². The van der Waals surface area contributed by atoms with Crippen molar-refractivity contribution in [3.8, 4) is 0 Å². The van der Waals surface area contributed by atoms with Crippen molar-refractivity contribution in [3.63, 3.8) is 0 Å². The number of nitrogens with two attached hydrogens (primary N) is 1. The van der Waals surface area contributed by atoms with Gasteiger partial charge in [0.1, 0.15) is 0 Å². The number of carbonyl (C=O) groups excluding carboxylic acids is 1. The minimum absolute atomic E-state index is 0.426. The van der Waals surface area contributed by atoms with E-state index in [4.69, 9.17) is 5.73 Å². The van der Waals surface area contributed by atoms with E-state index in [2.05, 4.69) is 0 Å². The van der Waals surface area contributed by atoms with Crippen LogP contribution in [0.4, 0.5) is 4.79 Å². The summed E-state index contributed by atoms with van der Waals surface area (Å²) in [6.07, 6.45) is 0. The molecule has 0 saturated carbocycles. The van der Waals surface area contributed by atoms with Crippen molar-refractivity contribution in [1.82, 2.24) is 5.06 Å². The second-order valence-corrected chi connectivity index (χ2v) is 5.03. The van der Waals surface area contributed by atoms with Crippen LogP contribution in [0, 0.1) is 6.92 Å². The highest BCUT2D eigenvalue weighted by Crippen LogP contribution is 2.36. The third-order valence-electron chi connectivity index (χ3n) is 2.85. The normalized spacial score (nSPS) is 12.6. The van der Waals surface area contributed by atoms with E-state index in [9.17, 15) is 10.0 Å². The van der Waals surface area contributed by atoms with E-state index in [-0.39, 0.29) is 0 Å². The molecule has 0 aliphatic carbocycles. The first kappa shape index (κ1) is 11.9. The van der Waals surface area contributed by atoms with Crippen molar-refractivity contribution in [2.45, 2.75) is 19.9 Å². The average Bonchev–Trinajstić information content (AvgIpc) is 2.65. The number of rotatable bonds is 2. The van der Waals surface area contributed by atoms with Crippen LogP contribution in [0.25, 0.3) is 10.1 Å². The molecule has 0 saturated heterocycles. The molecular weight excluding hydrogens is 236 g/mol. The Labute approximate surface area is 103 Å². The third kappa shape index (κ3) is 1.99. The van der Waals surface area contributed by atoms with Gasteiger partial charge in [0.25, 0.3) is 0 Å². The van der Waals surface area contributed by atoms with E-state index in [1.807, 2.05) is 31.2 Å². The molecule has 1 atom stereocenters. The van der Waals surface area contributed by atoms with E-state index in [0.29, 0.717) is 5.06 Å². The molecule has 0 fully saturated rings. The topological polar surface area (TPSA) is 66.6 Å². The second kappa shape index (κ2) is 4.35. The molecule has 90 valence electrons. The van der Waals surface area contributed by atoms with E-state index >= 15 is 0 Å². The SMILES string of the molecule is Cc1c(C(C)N(O)C(N)=O)sc2ccccc12. The zero-order valence-corrected chi connectivity index (χ0v) is 10.5. The van der Waals surface area contributed by atoms with Crippen LogP contribution in [0.3, 0.4) is 0 Å². The van der Waals surface area contributed by atoms with E-state index in [0.717, 1.165) is 20.5 Å². The lowest BCUT2D eigenvalue weighted by Gasteiger charge is -2.20. The number of aryl methyl sites for hydroxylation is 1. The van der Waals surface area contributed by atoms with Crippen LogP contribution in [0.5, 0.6) is 0 Å². The number of hydroxylamine groups is 2. The van der Waals surface area contributed by atoms with E-state index in [1.165, 1.54) is 0 Å². The number of hydrogen-bond donors (Lipinski definition) is 2. The summed E-state index contributed by atoms with van der Waals surface area (Å²) in [5, 5.41) is 11.3. The molecule has 2 rings (SSSR count). The maximum atomic E-state index is 10.9. The number of primary amides is 1. The minimum atomic E-state index is -0.839. The Morgan fingerprint density at radius 2 is 2.12 bits per heavy atom. The Hall–Kier alpha value is -1.59. The molecular formula is C12H14N2O2S. The van der Waals surface area contributed by atoms with Gasteiger partial charge in [0.2, 0.25) is 0 Å². The Morgan fingerprint density at radius 3 is 2.71 bits per heavy atom. The van der Waals surface area contributed by atoms with Gasteiger partial charge in [-0.2, -0.15) is 5.06 Å². The predicted molar refractivity (Wildman–Crippen MR) is 68.2 cm³/mol. The number of hydrogen-bond acceptors (Lipinski definition) is 3. The van der Waals surface area contributed by atoms with Crippen LogP contribution in [0.15, 0.2) is 24.3 Å². The van der Waals surface area contributed by atoms with Crippen LogP contribution in [0.1, 0.15) is 23.4 Å². The van der Waals surface area contributed by atoms with Gasteiger partial charge in [-0.1, -0.05) is 18.2 Å². The van der Waals surface area contributed by atoms with Crippen molar-refractivity contribution in [3.05, 3.63) is 34.7 Å². The molecule has 2 amide bonds. The van der Waals surface area contributed by atoms with Gasteiger partial charge < -0.3 is 5.73 Å². The maximum absolute atomic E-state index is 10.9. The van der Waals surface area contributed by atoms with Gasteiger partial charge in [-0.05, 0) is 30.9 Å². The number of nitrogens with zero attached hydrogens (tertiary/aromatic N) is 1. The second-order valence-electron chi connectivity index (χ2n) is 3.95. The molecule has 1 aromatic heterocycles. The average molecular weight is 250 g/mol. The summed E-state index contributed by atoms with van der Waals surface area (Å²) >= 11 is 1.57. The first-order valence-electron chi connectivity index (χ1n) is 5.28. The molecule has 17 heavy (non-hydrogen) atoms. The summed E-state index contributed by atoms with van der Waals surface area (Å²) in [7, 11) is 0. The van der Waals surface area contributed by atoms with Crippen molar-refractivity contribution in [1.29, 1.82) is 0 Å². The molecule has 1 heterocycles. The standard InChI is InChI=1S/C12H14N2O2S/c1-7-9-5-3-4-6-10(9)17-11(7)8(2)14(16)12(13)15/h3-6,8,16H,1-2H3,(H2,13,15). The quantitative estimate of drug-likeness (QED) is 0.635. The molecule has 1 unspecified atom stereocenters. The zero-order chi connectivity index (χ0) is 12.6. The van der Waals surface area contributed by atoms with Crippen molar-refractivity contribution in [2.75, 3.05) is 0 Å². The molecule has 0 radical (unpaired) electrons. The van der Waals surface area contributed by atoms with Gasteiger partial charge in [-0.25, -0.2) is 4.79 Å². The molecule has 3 N–H and O–H groups in total. The highest BCUT2D eigenvalue weighted by molar-refractivity contribution is 7.19. The Balaban J connectivity index is 2.49. The molecule has 0 aliphatic heterocycles. The lowest BCUT2D eigenvalue weighted by Crippen LogP contribution is -2.34. The molecule has 2 aromatic rings. The van der Waals surface area contributed by atoms with Crippen LogP contribution in [0.2, 0.25) is 0 Å². The molecule has 1 aromatic carbocycles. The highest BCUT2D eigenvalue weighted by atomic mass is 32.1. The fourth-order valence-electron chi connectivity index (χ4n) is 1.89. The van der Waals surface area contributed by atoms with Crippen molar-refractivity contribution < 1.29 is 10.0 Å². The zero-order valence-electron chi connectivity index (χ0n) is 9.68. The molecule has 4 nitrogen and oxygen atoms in total. The van der Waals surface area contributed by atoms with Crippen molar-refractivity contribution >= 4 is 27.5 Å². The van der Waals surface area contributed by atoms with Gasteiger partial charge in [-0.3, -0.25) is 5.21 Å². The summed E-state index contributed by atoms with van der Waals surface area (Å²) in [6.45, 7) is 3.74. The lowest BCUT2D eigenvalue weighted by molar-refractivity contribution is -0.0701. The Bertz CT molecular complexity index is 565. The number of fused-ring (bicyclic) bond motifs is 1. The highest BCUT2D eigenvalue weighted by Gasteiger charge is 2.21. The number of urea groups is 1.